The van der Waals surface area contributed by atoms with E-state index in [2.05, 4.69) is 0 Å². The normalized spacial score (nSPS) is 9.00. The first kappa shape index (κ1) is 11.9. The van der Waals surface area contributed by atoms with E-state index in [-0.39, 0.29) is 5.56 Å². The average Bonchev–Trinajstić information content (AvgIpc) is 2.31. The first-order valence-electron chi connectivity index (χ1n) is 5.01. The third-order valence-electron chi connectivity index (χ3n) is 1.94. The lowest BCUT2D eigenvalue weighted by atomic mass is 10.1. The predicted octanol–water partition coefficient (Wildman–Crippen LogP) is 2.23. The fourth-order valence-corrected chi connectivity index (χ4v) is 1.32. The van der Waals surface area contributed by atoms with Gasteiger partial charge < -0.3 is 9.47 Å². The molecule has 1 rings (SSSR count). The zero-order valence-corrected chi connectivity index (χ0v) is 9.28. The summed E-state index contributed by atoms with van der Waals surface area (Å²) in [5.74, 6) is 0.853. The van der Waals surface area contributed by atoms with Crippen LogP contribution in [0.2, 0.25) is 0 Å². The van der Waals surface area contributed by atoms with Crippen molar-refractivity contribution in [2.75, 3.05) is 13.2 Å². The molecule has 0 unspecified atom stereocenters. The molecule has 0 aliphatic heterocycles. The molecule has 0 heterocycles. The summed E-state index contributed by atoms with van der Waals surface area (Å²) in [5, 5.41) is 17.9. The Bertz CT molecular complexity index is 455. The summed E-state index contributed by atoms with van der Waals surface area (Å²) in [6.45, 7) is 4.57. The first-order chi connectivity index (χ1) is 7.78. The maximum absolute atomic E-state index is 9.01. The molecule has 16 heavy (non-hydrogen) atoms. The molecule has 0 N–H and O–H groups in total. The smallest absolute Gasteiger partial charge is 0.180 e. The van der Waals surface area contributed by atoms with Gasteiger partial charge in [0.05, 0.1) is 18.8 Å². The largest absolute Gasteiger partial charge is 0.490 e. The van der Waals surface area contributed by atoms with Crippen LogP contribution in [0, 0.1) is 22.7 Å². The summed E-state index contributed by atoms with van der Waals surface area (Å²) in [5.41, 5.74) is 0.532. The topological polar surface area (TPSA) is 66.0 Å². The molecule has 0 fully saturated rings. The molecule has 0 atom stereocenters. The number of nitriles is 2. The van der Waals surface area contributed by atoms with Gasteiger partial charge >= 0.3 is 0 Å². The van der Waals surface area contributed by atoms with Crippen LogP contribution in [0.25, 0.3) is 0 Å². The van der Waals surface area contributed by atoms with E-state index >= 15 is 0 Å². The standard InChI is InChI=1S/C12H12N2O2/c1-3-15-11-6-5-9(7-13)10(8-14)12(11)16-4-2/h5-6H,3-4H2,1-2H3. The summed E-state index contributed by atoms with van der Waals surface area (Å²) in [4.78, 5) is 0. The molecule has 1 aromatic rings. The van der Waals surface area contributed by atoms with Gasteiger partial charge in [-0.15, -0.1) is 0 Å². The Morgan fingerprint density at radius 3 is 2.25 bits per heavy atom. The summed E-state index contributed by atoms with van der Waals surface area (Å²) >= 11 is 0. The van der Waals surface area contributed by atoms with E-state index in [1.54, 1.807) is 12.1 Å². The van der Waals surface area contributed by atoms with Gasteiger partial charge in [0.2, 0.25) is 0 Å². The highest BCUT2D eigenvalue weighted by Gasteiger charge is 2.15. The van der Waals surface area contributed by atoms with Gasteiger partial charge in [0.1, 0.15) is 17.7 Å². The monoisotopic (exact) mass is 216 g/mol. The molecule has 0 aliphatic rings. The van der Waals surface area contributed by atoms with Crippen LogP contribution in [-0.4, -0.2) is 13.2 Å². The lowest BCUT2D eigenvalue weighted by Gasteiger charge is -2.12. The van der Waals surface area contributed by atoms with E-state index in [4.69, 9.17) is 20.0 Å². The molecule has 0 saturated carbocycles. The number of hydrogen-bond acceptors (Lipinski definition) is 4. The van der Waals surface area contributed by atoms with Crippen molar-refractivity contribution in [3.63, 3.8) is 0 Å². The Morgan fingerprint density at radius 2 is 1.75 bits per heavy atom. The van der Waals surface area contributed by atoms with Crippen LogP contribution in [-0.2, 0) is 0 Å². The molecule has 4 heteroatoms. The highest BCUT2D eigenvalue weighted by atomic mass is 16.5. The van der Waals surface area contributed by atoms with Gasteiger partial charge in [-0.3, -0.25) is 0 Å². The van der Waals surface area contributed by atoms with E-state index in [9.17, 15) is 0 Å². The molecule has 82 valence electrons. The SMILES string of the molecule is CCOc1ccc(C#N)c(C#N)c1OCC. The number of nitrogens with zero attached hydrogens (tertiary/aromatic N) is 2. The molecule has 0 aliphatic carbocycles. The molecule has 1 aromatic carbocycles. The fraction of sp³-hybridized carbons (Fsp3) is 0.333. The first-order valence-corrected chi connectivity index (χ1v) is 5.01. The van der Waals surface area contributed by atoms with Crippen molar-refractivity contribution in [2.45, 2.75) is 13.8 Å². The van der Waals surface area contributed by atoms with Crippen LogP contribution in [0.3, 0.4) is 0 Å². The molecule has 4 nitrogen and oxygen atoms in total. The lowest BCUT2D eigenvalue weighted by molar-refractivity contribution is 0.287. The van der Waals surface area contributed by atoms with Crippen molar-refractivity contribution in [3.05, 3.63) is 23.3 Å². The lowest BCUT2D eigenvalue weighted by Crippen LogP contribution is -2.01. The number of benzene rings is 1. The number of hydrogen-bond donors (Lipinski definition) is 0. The van der Waals surface area contributed by atoms with Crippen LogP contribution < -0.4 is 9.47 Å². The highest BCUT2D eigenvalue weighted by molar-refractivity contribution is 5.60. The number of rotatable bonds is 4. The minimum Gasteiger partial charge on any atom is -0.490 e. The minimum absolute atomic E-state index is 0.232. The van der Waals surface area contributed by atoms with Gasteiger partial charge in [0.15, 0.2) is 11.5 Å². The fourth-order valence-electron chi connectivity index (χ4n) is 1.32. The van der Waals surface area contributed by atoms with Crippen molar-refractivity contribution in [3.8, 4) is 23.6 Å². The van der Waals surface area contributed by atoms with E-state index in [1.807, 2.05) is 26.0 Å². The van der Waals surface area contributed by atoms with Crippen molar-refractivity contribution < 1.29 is 9.47 Å². The van der Waals surface area contributed by atoms with E-state index in [0.29, 0.717) is 30.3 Å². The van der Waals surface area contributed by atoms with Crippen LogP contribution in [0.1, 0.15) is 25.0 Å². The van der Waals surface area contributed by atoms with Gasteiger partial charge in [-0.2, -0.15) is 10.5 Å². The van der Waals surface area contributed by atoms with Crippen molar-refractivity contribution in [1.29, 1.82) is 10.5 Å². The Kier molecular flexibility index (Phi) is 4.17. The maximum Gasteiger partial charge on any atom is 0.180 e. The average molecular weight is 216 g/mol. The van der Waals surface area contributed by atoms with Crippen molar-refractivity contribution in [2.24, 2.45) is 0 Å². The third kappa shape index (κ3) is 2.24. The molecule has 0 spiro atoms. The van der Waals surface area contributed by atoms with Crippen molar-refractivity contribution in [1.82, 2.24) is 0 Å². The second-order valence-electron chi connectivity index (χ2n) is 2.91. The van der Waals surface area contributed by atoms with Gasteiger partial charge in [0.25, 0.3) is 0 Å². The van der Waals surface area contributed by atoms with Crippen LogP contribution in [0.15, 0.2) is 12.1 Å². The second kappa shape index (κ2) is 5.63. The molecule has 0 bridgehead atoms. The van der Waals surface area contributed by atoms with Gasteiger partial charge in [0, 0.05) is 0 Å². The Hall–Kier alpha value is -2.20. The highest BCUT2D eigenvalue weighted by Crippen LogP contribution is 2.33. The minimum atomic E-state index is 0.232. The summed E-state index contributed by atoms with van der Waals surface area (Å²) in [6.07, 6.45) is 0. The zero-order chi connectivity index (χ0) is 12.0. The van der Waals surface area contributed by atoms with Crippen molar-refractivity contribution >= 4 is 0 Å². The van der Waals surface area contributed by atoms with E-state index < -0.39 is 0 Å². The molecular formula is C12H12N2O2. The zero-order valence-electron chi connectivity index (χ0n) is 9.28. The molecule has 0 saturated heterocycles. The second-order valence-corrected chi connectivity index (χ2v) is 2.91. The summed E-state index contributed by atoms with van der Waals surface area (Å²) < 4.78 is 10.7. The molecule has 0 radical (unpaired) electrons. The van der Waals surface area contributed by atoms with Gasteiger partial charge in [-0.05, 0) is 26.0 Å². The van der Waals surface area contributed by atoms with Crippen LogP contribution in [0.4, 0.5) is 0 Å². The van der Waals surface area contributed by atoms with E-state index in [0.717, 1.165) is 0 Å². The van der Waals surface area contributed by atoms with Crippen LogP contribution >= 0.6 is 0 Å². The maximum atomic E-state index is 9.01. The van der Waals surface area contributed by atoms with Gasteiger partial charge in [-0.1, -0.05) is 0 Å². The third-order valence-corrected chi connectivity index (χ3v) is 1.94. The summed E-state index contributed by atoms with van der Waals surface area (Å²) in [6, 6.07) is 7.14. The Morgan fingerprint density at radius 1 is 1.06 bits per heavy atom. The molecule has 0 amide bonds. The Labute approximate surface area is 94.6 Å². The van der Waals surface area contributed by atoms with Gasteiger partial charge in [-0.25, -0.2) is 0 Å². The van der Waals surface area contributed by atoms with Crippen LogP contribution in [0.5, 0.6) is 11.5 Å². The Balaban J connectivity index is 3.34. The molecule has 0 aromatic heterocycles. The number of ether oxygens (including phenoxy) is 2. The quantitative estimate of drug-likeness (QED) is 0.774. The summed E-state index contributed by atoms with van der Waals surface area (Å²) in [7, 11) is 0. The molecular weight excluding hydrogens is 204 g/mol. The predicted molar refractivity (Wildman–Crippen MR) is 58.2 cm³/mol. The van der Waals surface area contributed by atoms with E-state index in [1.165, 1.54) is 0 Å².